The van der Waals surface area contributed by atoms with Crippen LogP contribution in [0.1, 0.15) is 112 Å². The molecule has 1 aromatic rings. The number of amides is 1. The molecule has 1 aromatic carbocycles. The summed E-state index contributed by atoms with van der Waals surface area (Å²) in [7, 11) is -1.92. The van der Waals surface area contributed by atoms with Gasteiger partial charge < -0.3 is 24.0 Å². The molecule has 0 saturated carbocycles. The molecule has 8 nitrogen and oxygen atoms in total. The van der Waals surface area contributed by atoms with E-state index in [1.165, 1.54) is 0 Å². The molecular formula is C33H57NO7Si. The maximum atomic E-state index is 13.2. The highest BCUT2D eigenvalue weighted by Gasteiger charge is 2.38. The highest BCUT2D eigenvalue weighted by molar-refractivity contribution is 6.74. The molecule has 0 saturated heterocycles. The van der Waals surface area contributed by atoms with E-state index >= 15 is 0 Å². The molecule has 0 heterocycles. The molecule has 0 spiro atoms. The summed E-state index contributed by atoms with van der Waals surface area (Å²) in [5.41, 5.74) is 1.06. The highest BCUT2D eigenvalue weighted by atomic mass is 28.4. The van der Waals surface area contributed by atoms with E-state index in [4.69, 9.17) is 18.6 Å². The molecule has 0 radical (unpaired) electrons. The summed E-state index contributed by atoms with van der Waals surface area (Å²) in [6.07, 6.45) is -0.126. The fraction of sp³-hybridized carbons (Fsp3) is 0.727. The fourth-order valence-corrected chi connectivity index (χ4v) is 5.37. The number of esters is 2. The van der Waals surface area contributed by atoms with Gasteiger partial charge in [-0.1, -0.05) is 40.7 Å². The number of hydrogen-bond acceptors (Lipinski definition) is 7. The third kappa shape index (κ3) is 12.5. The minimum Gasteiger partial charge on any atom is -0.460 e. The first-order chi connectivity index (χ1) is 18.7. The average Bonchev–Trinajstić information content (AvgIpc) is 2.72. The Morgan fingerprint density at radius 3 is 1.90 bits per heavy atom. The van der Waals surface area contributed by atoms with Crippen LogP contribution in [-0.4, -0.2) is 50.2 Å². The van der Waals surface area contributed by atoms with Gasteiger partial charge in [0.15, 0.2) is 8.32 Å². The van der Waals surface area contributed by atoms with Crippen LogP contribution in [0, 0.1) is 13.8 Å². The van der Waals surface area contributed by atoms with Gasteiger partial charge in [0.1, 0.15) is 23.0 Å². The summed E-state index contributed by atoms with van der Waals surface area (Å²) < 4.78 is 23.2. The summed E-state index contributed by atoms with van der Waals surface area (Å²) >= 11 is 0. The van der Waals surface area contributed by atoms with Crippen LogP contribution < -0.4 is 10.1 Å². The first kappa shape index (κ1) is 37.6. The molecule has 1 amide bonds. The number of aryl methyl sites for hydroxylation is 2. The van der Waals surface area contributed by atoms with Crippen molar-refractivity contribution in [3.63, 3.8) is 0 Å². The van der Waals surface area contributed by atoms with Crippen molar-refractivity contribution in [3.8, 4) is 5.75 Å². The average molecular weight is 608 g/mol. The van der Waals surface area contributed by atoms with Crippen LogP contribution in [0.15, 0.2) is 12.1 Å². The largest absolute Gasteiger partial charge is 0.460 e. The summed E-state index contributed by atoms with van der Waals surface area (Å²) in [5, 5.41) is 2.75. The normalized spacial score (nSPS) is 13.8. The van der Waals surface area contributed by atoms with E-state index in [1.54, 1.807) is 41.5 Å². The van der Waals surface area contributed by atoms with E-state index in [0.717, 1.165) is 23.1 Å². The zero-order chi connectivity index (χ0) is 32.9. The molecule has 9 heteroatoms. The smallest absolute Gasteiger partial charge is 0.413 e. The molecule has 42 heavy (non-hydrogen) atoms. The van der Waals surface area contributed by atoms with Crippen molar-refractivity contribution >= 4 is 26.3 Å². The molecule has 1 atom stereocenters. The van der Waals surface area contributed by atoms with Crippen molar-refractivity contribution in [1.82, 2.24) is 5.32 Å². The van der Waals surface area contributed by atoms with Gasteiger partial charge >= 0.3 is 18.0 Å². The Morgan fingerprint density at radius 1 is 0.857 bits per heavy atom. The van der Waals surface area contributed by atoms with E-state index in [9.17, 15) is 14.4 Å². The van der Waals surface area contributed by atoms with Crippen molar-refractivity contribution in [2.24, 2.45) is 0 Å². The predicted octanol–water partition coefficient (Wildman–Crippen LogP) is 7.91. The Bertz CT molecular complexity index is 1110. The number of hydrogen-bond donors (Lipinski definition) is 1. The van der Waals surface area contributed by atoms with Crippen molar-refractivity contribution in [2.45, 2.75) is 150 Å². The molecule has 0 aliphatic carbocycles. The third-order valence-corrected chi connectivity index (χ3v) is 11.9. The number of benzene rings is 1. The molecule has 0 bridgehead atoms. The molecule has 0 fully saturated rings. The van der Waals surface area contributed by atoms with Crippen LogP contribution in [0.3, 0.4) is 0 Å². The van der Waals surface area contributed by atoms with Crippen molar-refractivity contribution in [1.29, 1.82) is 0 Å². The van der Waals surface area contributed by atoms with Crippen LogP contribution in [0.2, 0.25) is 18.1 Å². The number of carbonyl (C=O) groups excluding carboxylic acids is 3. The topological polar surface area (TPSA) is 100 Å². The van der Waals surface area contributed by atoms with E-state index in [0.29, 0.717) is 12.4 Å². The molecule has 0 aliphatic rings. The lowest BCUT2D eigenvalue weighted by Gasteiger charge is -2.37. The van der Waals surface area contributed by atoms with E-state index in [2.05, 4.69) is 59.1 Å². The van der Waals surface area contributed by atoms with Crippen LogP contribution in [0.4, 0.5) is 4.79 Å². The Hall–Kier alpha value is -2.39. The van der Waals surface area contributed by atoms with Crippen molar-refractivity contribution < 1.29 is 33.0 Å². The summed E-state index contributed by atoms with van der Waals surface area (Å²) in [5.74, 6) is -0.686. The molecule has 0 aromatic heterocycles. The van der Waals surface area contributed by atoms with Gasteiger partial charge in [0.05, 0.1) is 0 Å². The van der Waals surface area contributed by atoms with Gasteiger partial charge in [-0.15, -0.1) is 0 Å². The molecule has 240 valence electrons. The van der Waals surface area contributed by atoms with Crippen LogP contribution in [0.5, 0.6) is 5.75 Å². The highest BCUT2D eigenvalue weighted by Crippen LogP contribution is 2.40. The second kappa shape index (κ2) is 13.9. The molecule has 1 N–H and O–H groups in total. The molecule has 1 rings (SSSR count). The van der Waals surface area contributed by atoms with Crippen LogP contribution in [-0.2, 0) is 28.9 Å². The van der Waals surface area contributed by atoms with Crippen molar-refractivity contribution in [3.05, 3.63) is 28.8 Å². The van der Waals surface area contributed by atoms with Gasteiger partial charge in [-0.05, 0) is 109 Å². The summed E-state index contributed by atoms with van der Waals surface area (Å²) in [4.78, 5) is 38.6. The Morgan fingerprint density at radius 2 is 1.40 bits per heavy atom. The molecule has 1 unspecified atom stereocenters. The number of nitrogens with one attached hydrogen (secondary N) is 1. The van der Waals surface area contributed by atoms with Gasteiger partial charge in [0.25, 0.3) is 0 Å². The zero-order valence-corrected chi connectivity index (χ0v) is 29.9. The van der Waals surface area contributed by atoms with Crippen LogP contribution >= 0.6 is 0 Å². The van der Waals surface area contributed by atoms with Crippen molar-refractivity contribution in [2.75, 3.05) is 6.61 Å². The lowest BCUT2D eigenvalue weighted by Crippen LogP contribution is -2.45. The summed E-state index contributed by atoms with van der Waals surface area (Å²) in [6, 6.07) is 2.81. The van der Waals surface area contributed by atoms with Gasteiger partial charge in [0.2, 0.25) is 0 Å². The predicted molar refractivity (Wildman–Crippen MR) is 171 cm³/mol. The second-order valence-corrected chi connectivity index (χ2v) is 20.3. The SMILES string of the molecule is Cc1cc(C)c(C(C)(C)CCO[Si](C)(C)C(C)(C)C)c(OC(=O)NC(CCC(=O)OC(C)(C)C)C(=O)OC(C)(C)C)c1. The minimum absolute atomic E-state index is 0.00884. The van der Waals surface area contributed by atoms with Gasteiger partial charge in [0, 0.05) is 18.6 Å². The van der Waals surface area contributed by atoms with E-state index < -0.39 is 43.6 Å². The molecular weight excluding hydrogens is 550 g/mol. The Labute approximate surface area is 255 Å². The quantitative estimate of drug-likeness (QED) is 0.201. The zero-order valence-electron chi connectivity index (χ0n) is 28.9. The Balaban J connectivity index is 3.19. The monoisotopic (exact) mass is 607 g/mol. The maximum Gasteiger partial charge on any atom is 0.413 e. The standard InChI is InChI=1S/C33H57NO7Si/c1-22-20-23(2)27(33(12,13)18-19-38-42(14,15)32(9,10)11)25(21-22)39-29(37)34-24(28(36)41-31(6,7)8)16-17-26(35)40-30(3,4)5/h20-21,24H,16-19H2,1-15H3,(H,34,37). The maximum absolute atomic E-state index is 13.2. The lowest BCUT2D eigenvalue weighted by molar-refractivity contribution is -0.158. The molecule has 0 aliphatic heterocycles. The minimum atomic E-state index is -1.92. The van der Waals surface area contributed by atoms with Crippen LogP contribution in [0.25, 0.3) is 0 Å². The second-order valence-electron chi connectivity index (χ2n) is 15.4. The third-order valence-electron chi connectivity index (χ3n) is 7.36. The number of rotatable bonds is 11. The fourth-order valence-electron chi connectivity index (χ4n) is 4.33. The number of ether oxygens (including phenoxy) is 3. The number of carbonyl (C=O) groups is 3. The van der Waals surface area contributed by atoms with E-state index in [1.807, 2.05) is 19.9 Å². The first-order valence-electron chi connectivity index (χ1n) is 14.9. The van der Waals surface area contributed by atoms with Gasteiger partial charge in [-0.2, -0.15) is 0 Å². The van der Waals surface area contributed by atoms with E-state index in [-0.39, 0.29) is 23.3 Å². The van der Waals surface area contributed by atoms with Gasteiger partial charge in [-0.25, -0.2) is 9.59 Å². The first-order valence-corrected chi connectivity index (χ1v) is 17.8. The van der Waals surface area contributed by atoms with Gasteiger partial charge in [-0.3, -0.25) is 4.79 Å². The summed E-state index contributed by atoms with van der Waals surface area (Å²) in [6.45, 7) is 30.5. The lowest BCUT2D eigenvalue weighted by atomic mass is 9.78. The Kier molecular flexibility index (Phi) is 12.5.